The predicted octanol–water partition coefficient (Wildman–Crippen LogP) is 4.65. The highest BCUT2D eigenvalue weighted by Crippen LogP contribution is 2.33. The third-order valence-electron chi connectivity index (χ3n) is 6.16. The zero-order valence-electron chi connectivity index (χ0n) is 17.6. The van der Waals surface area contributed by atoms with Crippen LogP contribution in [0.25, 0.3) is 0 Å². The fraction of sp³-hybridized carbons (Fsp3) is 0.308. The van der Waals surface area contributed by atoms with Crippen LogP contribution < -0.4 is 0 Å². The number of aryl methyl sites for hydroxylation is 1. The number of carboxylic acid groups (broad SMARTS) is 1. The number of pyridine rings is 1. The summed E-state index contributed by atoms with van der Waals surface area (Å²) in [6.45, 7) is 1.70. The third kappa shape index (κ3) is 5.12. The summed E-state index contributed by atoms with van der Waals surface area (Å²) in [6, 6.07) is 19.2. The van der Waals surface area contributed by atoms with Crippen LogP contribution in [0, 0.1) is 0 Å². The first-order chi connectivity index (χ1) is 15.1. The molecule has 0 aliphatic heterocycles. The number of rotatable bonds is 8. The van der Waals surface area contributed by atoms with E-state index in [0.29, 0.717) is 17.4 Å². The van der Waals surface area contributed by atoms with Crippen molar-refractivity contribution in [2.75, 3.05) is 13.1 Å². The van der Waals surface area contributed by atoms with Crippen LogP contribution in [-0.4, -0.2) is 39.2 Å². The molecule has 5 nitrogen and oxygen atoms in total. The summed E-state index contributed by atoms with van der Waals surface area (Å²) < 4.78 is 0. The first-order valence-electron chi connectivity index (χ1n) is 10.9. The summed E-state index contributed by atoms with van der Waals surface area (Å²) in [4.78, 5) is 18.2. The Kier molecular flexibility index (Phi) is 6.63. The molecule has 0 saturated carbocycles. The van der Waals surface area contributed by atoms with Crippen LogP contribution in [-0.2, 0) is 19.3 Å². The van der Waals surface area contributed by atoms with E-state index in [2.05, 4.69) is 16.0 Å². The molecule has 5 heteroatoms. The van der Waals surface area contributed by atoms with Crippen molar-refractivity contribution in [1.82, 2.24) is 9.88 Å². The maximum absolute atomic E-state index is 11.1. The molecular weight excluding hydrogens is 388 g/mol. The molecule has 2 aromatic carbocycles. The monoisotopic (exact) mass is 416 g/mol. The van der Waals surface area contributed by atoms with Gasteiger partial charge in [-0.1, -0.05) is 36.4 Å². The Hall–Kier alpha value is -3.18. The van der Waals surface area contributed by atoms with Crippen LogP contribution in [0.2, 0.25) is 0 Å². The lowest BCUT2D eigenvalue weighted by atomic mass is 9.89. The lowest BCUT2D eigenvalue weighted by Crippen LogP contribution is -2.35. The molecule has 31 heavy (non-hydrogen) atoms. The number of aromatic nitrogens is 1. The van der Waals surface area contributed by atoms with Crippen molar-refractivity contribution >= 4 is 5.97 Å². The van der Waals surface area contributed by atoms with E-state index in [1.54, 1.807) is 18.2 Å². The molecule has 160 valence electrons. The van der Waals surface area contributed by atoms with E-state index in [9.17, 15) is 9.90 Å². The molecule has 0 amide bonds. The molecule has 0 radical (unpaired) electrons. The average Bonchev–Trinajstić information content (AvgIpc) is 2.80. The SMILES string of the molecule is O=C(O)c1ccc(CCN(CCc2ccccc2O)[C@H]2CCCc3ncccc32)cc1. The van der Waals surface area contributed by atoms with Crippen LogP contribution in [0.3, 0.4) is 0 Å². The van der Waals surface area contributed by atoms with Crippen molar-refractivity contribution in [3.05, 3.63) is 94.8 Å². The molecule has 0 bridgehead atoms. The van der Waals surface area contributed by atoms with Gasteiger partial charge in [0.25, 0.3) is 0 Å². The maximum Gasteiger partial charge on any atom is 0.335 e. The minimum Gasteiger partial charge on any atom is -0.508 e. The average molecular weight is 417 g/mol. The number of fused-ring (bicyclic) bond motifs is 1. The van der Waals surface area contributed by atoms with Gasteiger partial charge in [-0.2, -0.15) is 0 Å². The molecule has 1 aromatic heterocycles. The molecule has 0 unspecified atom stereocenters. The van der Waals surface area contributed by atoms with E-state index >= 15 is 0 Å². The second-order valence-corrected chi connectivity index (χ2v) is 8.11. The van der Waals surface area contributed by atoms with Crippen molar-refractivity contribution in [2.24, 2.45) is 0 Å². The highest BCUT2D eigenvalue weighted by Gasteiger charge is 2.26. The van der Waals surface area contributed by atoms with Crippen molar-refractivity contribution in [3.63, 3.8) is 0 Å². The Morgan fingerprint density at radius 2 is 1.77 bits per heavy atom. The summed E-state index contributed by atoms with van der Waals surface area (Å²) >= 11 is 0. The zero-order valence-corrected chi connectivity index (χ0v) is 17.6. The number of benzene rings is 2. The number of aromatic carboxylic acids is 1. The fourth-order valence-electron chi connectivity index (χ4n) is 4.46. The smallest absolute Gasteiger partial charge is 0.335 e. The van der Waals surface area contributed by atoms with Gasteiger partial charge in [0, 0.05) is 31.0 Å². The lowest BCUT2D eigenvalue weighted by molar-refractivity contribution is 0.0697. The van der Waals surface area contributed by atoms with Gasteiger partial charge in [-0.05, 0) is 73.1 Å². The summed E-state index contributed by atoms with van der Waals surface area (Å²) in [5, 5.41) is 19.3. The summed E-state index contributed by atoms with van der Waals surface area (Å²) in [5.74, 6) is -0.556. The highest BCUT2D eigenvalue weighted by molar-refractivity contribution is 5.87. The minimum absolute atomic E-state index is 0.307. The number of hydrogen-bond donors (Lipinski definition) is 2. The molecule has 3 aromatic rings. The van der Waals surface area contributed by atoms with Gasteiger partial charge in [0.05, 0.1) is 5.56 Å². The number of para-hydroxylation sites is 1. The van der Waals surface area contributed by atoms with Crippen LogP contribution in [0.4, 0.5) is 0 Å². The van der Waals surface area contributed by atoms with Gasteiger partial charge in [0.15, 0.2) is 0 Å². The van der Waals surface area contributed by atoms with Crippen LogP contribution in [0.5, 0.6) is 5.75 Å². The van der Waals surface area contributed by atoms with Crippen molar-refractivity contribution in [1.29, 1.82) is 0 Å². The standard InChI is InChI=1S/C26H28N2O3/c29-25-9-2-1-5-20(25)15-18-28(17-14-19-10-12-21(13-11-19)26(30)31)24-8-3-7-23-22(24)6-4-16-27-23/h1-2,4-6,9-13,16,24,29H,3,7-8,14-15,17-18H2,(H,30,31)/t24-/m0/s1. The largest absolute Gasteiger partial charge is 0.508 e. The number of carbonyl (C=O) groups is 1. The van der Waals surface area contributed by atoms with E-state index in [-0.39, 0.29) is 0 Å². The van der Waals surface area contributed by atoms with Crippen LogP contribution in [0.1, 0.15) is 51.6 Å². The Labute approximate surface area is 183 Å². The van der Waals surface area contributed by atoms with Crippen molar-refractivity contribution < 1.29 is 15.0 Å². The van der Waals surface area contributed by atoms with Gasteiger partial charge >= 0.3 is 5.97 Å². The van der Waals surface area contributed by atoms with E-state index in [1.807, 2.05) is 42.6 Å². The topological polar surface area (TPSA) is 73.7 Å². The lowest BCUT2D eigenvalue weighted by Gasteiger charge is -2.35. The molecule has 1 aliphatic carbocycles. The summed E-state index contributed by atoms with van der Waals surface area (Å²) in [5.41, 5.74) is 4.90. The number of phenolic OH excluding ortho intramolecular Hbond substituents is 1. The predicted molar refractivity (Wildman–Crippen MR) is 120 cm³/mol. The van der Waals surface area contributed by atoms with E-state index in [4.69, 9.17) is 5.11 Å². The second-order valence-electron chi connectivity index (χ2n) is 8.11. The van der Waals surface area contributed by atoms with Crippen LogP contribution >= 0.6 is 0 Å². The number of hydrogen-bond acceptors (Lipinski definition) is 4. The maximum atomic E-state index is 11.1. The van der Waals surface area contributed by atoms with E-state index in [0.717, 1.165) is 56.3 Å². The number of phenols is 1. The summed E-state index contributed by atoms with van der Waals surface area (Å²) in [7, 11) is 0. The summed E-state index contributed by atoms with van der Waals surface area (Å²) in [6.07, 6.45) is 6.73. The van der Waals surface area contributed by atoms with E-state index < -0.39 is 5.97 Å². The normalized spacial score (nSPS) is 15.6. The Morgan fingerprint density at radius 1 is 1.00 bits per heavy atom. The number of nitrogens with zero attached hydrogens (tertiary/aromatic N) is 2. The van der Waals surface area contributed by atoms with Crippen molar-refractivity contribution in [3.8, 4) is 5.75 Å². The van der Waals surface area contributed by atoms with Gasteiger partial charge in [0.2, 0.25) is 0 Å². The molecule has 1 atom stereocenters. The Morgan fingerprint density at radius 3 is 2.55 bits per heavy atom. The molecule has 0 fully saturated rings. The molecule has 1 aliphatic rings. The molecular formula is C26H28N2O3. The zero-order chi connectivity index (χ0) is 21.6. The molecule has 4 rings (SSSR count). The van der Waals surface area contributed by atoms with Gasteiger partial charge in [-0.3, -0.25) is 9.88 Å². The molecule has 2 N–H and O–H groups in total. The number of aromatic hydroxyl groups is 1. The Balaban J connectivity index is 1.52. The van der Waals surface area contributed by atoms with Crippen molar-refractivity contribution in [2.45, 2.75) is 38.1 Å². The minimum atomic E-state index is -0.901. The van der Waals surface area contributed by atoms with Gasteiger partial charge < -0.3 is 10.2 Å². The molecule has 0 saturated heterocycles. The van der Waals surface area contributed by atoms with Gasteiger partial charge in [-0.15, -0.1) is 0 Å². The van der Waals surface area contributed by atoms with Gasteiger partial charge in [-0.25, -0.2) is 4.79 Å². The first kappa shape index (κ1) is 21.1. The highest BCUT2D eigenvalue weighted by atomic mass is 16.4. The third-order valence-corrected chi connectivity index (χ3v) is 6.16. The van der Waals surface area contributed by atoms with Gasteiger partial charge in [0.1, 0.15) is 5.75 Å². The fourth-order valence-corrected chi connectivity index (χ4v) is 4.46. The molecule has 0 spiro atoms. The Bertz CT molecular complexity index is 1030. The number of carboxylic acids is 1. The molecule has 1 heterocycles. The second kappa shape index (κ2) is 9.75. The first-order valence-corrected chi connectivity index (χ1v) is 10.9. The van der Waals surface area contributed by atoms with Crippen LogP contribution in [0.15, 0.2) is 66.9 Å². The quantitative estimate of drug-likeness (QED) is 0.559. The van der Waals surface area contributed by atoms with E-state index in [1.165, 1.54) is 11.3 Å².